The predicted molar refractivity (Wildman–Crippen MR) is 81.0 cm³/mol. The van der Waals surface area contributed by atoms with Crippen molar-refractivity contribution in [3.63, 3.8) is 0 Å². The third-order valence-corrected chi connectivity index (χ3v) is 4.90. The second-order valence-corrected chi connectivity index (χ2v) is 6.57. The molecule has 5 nitrogen and oxygen atoms in total. The monoisotopic (exact) mass is 325 g/mol. The Morgan fingerprint density at radius 1 is 1.05 bits per heavy atom. The molecule has 0 fully saturated rings. The van der Waals surface area contributed by atoms with E-state index in [-0.39, 0.29) is 11.4 Å². The molecular weight excluding hydrogens is 309 g/mol. The molecule has 0 aliphatic rings. The number of hydrogen-bond acceptors (Lipinski definition) is 4. The lowest BCUT2D eigenvalue weighted by Gasteiger charge is -2.24. The Hall–Kier alpha value is -2.28. The van der Waals surface area contributed by atoms with Crippen molar-refractivity contribution in [2.75, 3.05) is 10.8 Å². The third-order valence-electron chi connectivity index (χ3n) is 3.08. The average molecular weight is 325 g/mol. The molecule has 0 aliphatic heterocycles. The van der Waals surface area contributed by atoms with Gasteiger partial charge in [-0.05, 0) is 42.8 Å². The van der Waals surface area contributed by atoms with E-state index in [2.05, 4.69) is 0 Å². The Bertz CT molecular complexity index is 760. The van der Waals surface area contributed by atoms with E-state index in [4.69, 9.17) is 0 Å². The van der Waals surface area contributed by atoms with E-state index < -0.39 is 27.3 Å². The van der Waals surface area contributed by atoms with Gasteiger partial charge in [0.05, 0.1) is 10.6 Å². The van der Waals surface area contributed by atoms with Crippen molar-refractivity contribution >= 4 is 15.7 Å². The van der Waals surface area contributed by atoms with Crippen molar-refractivity contribution in [2.24, 2.45) is 0 Å². The van der Waals surface area contributed by atoms with Gasteiger partial charge in [-0.1, -0.05) is 6.92 Å². The summed E-state index contributed by atoms with van der Waals surface area (Å²) in [7, 11) is -3.93. The highest BCUT2D eigenvalue weighted by atomic mass is 32.2. The molecule has 2 aromatic carbocycles. The summed E-state index contributed by atoms with van der Waals surface area (Å²) in [6.45, 7) is 2.02. The van der Waals surface area contributed by atoms with E-state index in [0.29, 0.717) is 12.1 Å². The van der Waals surface area contributed by atoms with Gasteiger partial charge in [-0.15, -0.1) is 0 Å². The lowest BCUT2D eigenvalue weighted by atomic mass is 10.3. The van der Waals surface area contributed by atoms with Gasteiger partial charge in [0.1, 0.15) is 5.82 Å². The first-order valence-electron chi connectivity index (χ1n) is 6.66. The Labute approximate surface area is 128 Å². The molecule has 22 heavy (non-hydrogen) atoms. The Balaban J connectivity index is 2.50. The van der Waals surface area contributed by atoms with Crippen LogP contribution in [0.2, 0.25) is 0 Å². The van der Waals surface area contributed by atoms with Crippen LogP contribution in [0.3, 0.4) is 0 Å². The maximum Gasteiger partial charge on any atom is 0.264 e. The Morgan fingerprint density at radius 3 is 2.23 bits per heavy atom. The molecule has 0 saturated heterocycles. The number of benzene rings is 2. The van der Waals surface area contributed by atoms with E-state index in [9.17, 15) is 23.0 Å². The number of anilines is 1. The minimum Gasteiger partial charge on any atom is -0.504 e. The normalized spacial score (nSPS) is 11.4. The molecule has 0 aliphatic carbocycles. The van der Waals surface area contributed by atoms with Crippen LogP contribution >= 0.6 is 0 Å². The molecule has 118 valence electrons. The van der Waals surface area contributed by atoms with Crippen LogP contribution in [0.4, 0.5) is 10.1 Å². The lowest BCUT2D eigenvalue weighted by molar-refractivity contribution is 0.402. The molecule has 0 saturated carbocycles. The molecule has 2 N–H and O–H groups in total. The van der Waals surface area contributed by atoms with Crippen molar-refractivity contribution in [3.8, 4) is 11.5 Å². The van der Waals surface area contributed by atoms with Gasteiger partial charge in [0.15, 0.2) is 11.5 Å². The SMILES string of the molecule is CCCN(c1ccc(F)cc1)S(=O)(=O)c1ccc(O)c(O)c1. The molecule has 0 spiro atoms. The van der Waals surface area contributed by atoms with Crippen molar-refractivity contribution in [2.45, 2.75) is 18.2 Å². The van der Waals surface area contributed by atoms with Crippen LogP contribution in [-0.4, -0.2) is 25.2 Å². The molecule has 0 unspecified atom stereocenters. The van der Waals surface area contributed by atoms with E-state index in [1.165, 1.54) is 30.3 Å². The molecule has 0 amide bonds. The maximum absolute atomic E-state index is 13.0. The van der Waals surface area contributed by atoms with Crippen LogP contribution in [0, 0.1) is 5.82 Å². The highest BCUT2D eigenvalue weighted by Crippen LogP contribution is 2.30. The third kappa shape index (κ3) is 3.14. The summed E-state index contributed by atoms with van der Waals surface area (Å²) < 4.78 is 39.6. The van der Waals surface area contributed by atoms with Crippen LogP contribution in [0.25, 0.3) is 0 Å². The number of phenolic OH excluding ortho intramolecular Hbond substituents is 2. The molecule has 0 aromatic heterocycles. The van der Waals surface area contributed by atoms with Gasteiger partial charge in [0, 0.05) is 12.6 Å². The zero-order valence-corrected chi connectivity index (χ0v) is 12.7. The average Bonchev–Trinajstić information content (AvgIpc) is 2.48. The first kappa shape index (κ1) is 16.1. The topological polar surface area (TPSA) is 77.8 Å². The van der Waals surface area contributed by atoms with Crippen LogP contribution in [0.1, 0.15) is 13.3 Å². The molecule has 0 bridgehead atoms. The number of hydrogen-bond donors (Lipinski definition) is 2. The molecule has 0 heterocycles. The molecular formula is C15H16FNO4S. The van der Waals surface area contributed by atoms with Crippen molar-refractivity contribution < 1.29 is 23.0 Å². The van der Waals surface area contributed by atoms with Gasteiger partial charge in [-0.2, -0.15) is 0 Å². The first-order valence-corrected chi connectivity index (χ1v) is 8.10. The van der Waals surface area contributed by atoms with Gasteiger partial charge in [-0.25, -0.2) is 12.8 Å². The van der Waals surface area contributed by atoms with Gasteiger partial charge in [0.2, 0.25) is 0 Å². The zero-order valence-electron chi connectivity index (χ0n) is 11.9. The second-order valence-electron chi connectivity index (χ2n) is 4.70. The van der Waals surface area contributed by atoms with Crippen LogP contribution < -0.4 is 4.31 Å². The summed E-state index contributed by atoms with van der Waals surface area (Å²) >= 11 is 0. The number of nitrogens with zero attached hydrogens (tertiary/aromatic N) is 1. The number of aromatic hydroxyl groups is 2. The van der Waals surface area contributed by atoms with E-state index in [0.717, 1.165) is 16.4 Å². The van der Waals surface area contributed by atoms with Gasteiger partial charge >= 0.3 is 0 Å². The first-order chi connectivity index (χ1) is 10.4. The molecule has 0 atom stereocenters. The quantitative estimate of drug-likeness (QED) is 0.829. The lowest BCUT2D eigenvalue weighted by Crippen LogP contribution is -2.31. The second kappa shape index (κ2) is 6.23. The summed E-state index contributed by atoms with van der Waals surface area (Å²) in [6.07, 6.45) is 0.556. The number of sulfonamides is 1. The standard InChI is InChI=1S/C15H16FNO4S/c1-2-9-17(12-5-3-11(16)4-6-12)22(20,21)13-7-8-14(18)15(19)10-13/h3-8,10,18-19H,2,9H2,1H3. The molecule has 2 aromatic rings. The van der Waals surface area contributed by atoms with E-state index in [1.807, 2.05) is 6.92 Å². The number of halogens is 1. The zero-order chi connectivity index (χ0) is 16.3. The highest BCUT2D eigenvalue weighted by Gasteiger charge is 2.25. The van der Waals surface area contributed by atoms with Crippen molar-refractivity contribution in [1.29, 1.82) is 0 Å². The minimum absolute atomic E-state index is 0.152. The minimum atomic E-state index is -3.93. The van der Waals surface area contributed by atoms with Crippen LogP contribution in [0.15, 0.2) is 47.4 Å². The molecule has 2 rings (SSSR count). The van der Waals surface area contributed by atoms with Gasteiger partial charge in [0.25, 0.3) is 10.0 Å². The molecule has 7 heteroatoms. The summed E-state index contributed by atoms with van der Waals surface area (Å²) in [4.78, 5) is -0.152. The number of phenols is 2. The van der Waals surface area contributed by atoms with Crippen molar-refractivity contribution in [3.05, 3.63) is 48.3 Å². The maximum atomic E-state index is 13.0. The molecule has 0 radical (unpaired) electrons. The van der Waals surface area contributed by atoms with E-state index >= 15 is 0 Å². The fraction of sp³-hybridized carbons (Fsp3) is 0.200. The summed E-state index contributed by atoms with van der Waals surface area (Å²) in [5, 5.41) is 18.8. The number of rotatable bonds is 5. The summed E-state index contributed by atoms with van der Waals surface area (Å²) in [6, 6.07) is 8.42. The van der Waals surface area contributed by atoms with Crippen molar-refractivity contribution in [1.82, 2.24) is 0 Å². The highest BCUT2D eigenvalue weighted by molar-refractivity contribution is 7.92. The summed E-state index contributed by atoms with van der Waals surface area (Å²) in [5.74, 6) is -1.38. The predicted octanol–water partition coefficient (Wildman–Crippen LogP) is 2.84. The fourth-order valence-corrected chi connectivity index (χ4v) is 3.57. The largest absolute Gasteiger partial charge is 0.504 e. The van der Waals surface area contributed by atoms with Crippen LogP contribution in [0.5, 0.6) is 11.5 Å². The smallest absolute Gasteiger partial charge is 0.264 e. The van der Waals surface area contributed by atoms with Gasteiger partial charge in [-0.3, -0.25) is 4.31 Å². The van der Waals surface area contributed by atoms with E-state index in [1.54, 1.807) is 0 Å². The van der Waals surface area contributed by atoms with Gasteiger partial charge < -0.3 is 10.2 Å². The van der Waals surface area contributed by atoms with Crippen LogP contribution in [-0.2, 0) is 10.0 Å². The fourth-order valence-electron chi connectivity index (χ4n) is 1.99. The Morgan fingerprint density at radius 2 is 1.68 bits per heavy atom. The summed E-state index contributed by atoms with van der Waals surface area (Å²) in [5.41, 5.74) is 0.329. The Kier molecular flexibility index (Phi) is 4.56.